The quantitative estimate of drug-likeness (QED) is 0.176. The van der Waals surface area contributed by atoms with Crippen molar-refractivity contribution in [2.75, 3.05) is 4.90 Å². The lowest BCUT2D eigenvalue weighted by atomic mass is 9.95. The first kappa shape index (κ1) is 30.0. The highest BCUT2D eigenvalue weighted by atomic mass is 16.3. The van der Waals surface area contributed by atoms with Crippen molar-refractivity contribution in [3.8, 4) is 33.4 Å². The summed E-state index contributed by atoms with van der Waals surface area (Å²) in [5.74, 6) is 0. The molecule has 52 heavy (non-hydrogen) atoms. The van der Waals surface area contributed by atoms with Crippen molar-refractivity contribution in [2.24, 2.45) is 0 Å². The number of hydrogen-bond acceptors (Lipinski definition) is 2. The van der Waals surface area contributed by atoms with Gasteiger partial charge in [0.05, 0.1) is 11.4 Å². The van der Waals surface area contributed by atoms with E-state index >= 15 is 0 Å². The number of anilines is 3. The zero-order valence-corrected chi connectivity index (χ0v) is 28.4. The number of furan rings is 1. The highest BCUT2D eigenvalue weighted by molar-refractivity contribution is 6.20. The number of hydrogen-bond donors (Lipinski definition) is 0. The summed E-state index contributed by atoms with van der Waals surface area (Å²) < 4.78 is 6.63. The topological polar surface area (TPSA) is 16.4 Å². The van der Waals surface area contributed by atoms with Crippen LogP contribution in [0, 0.1) is 0 Å². The van der Waals surface area contributed by atoms with E-state index in [9.17, 15) is 0 Å². The molecule has 0 amide bonds. The second-order valence-corrected chi connectivity index (χ2v) is 13.3. The standard InChI is InChI=1S/C50H33NO/c1-2-13-34(14-3-1)38-18-10-19-39(33-38)35-27-30-40(31-28-35)51(46-25-11-17-36-15-4-6-20-41(36)46)47-24-9-8-22-43(47)44-23-12-26-48-49(44)45-32-29-37-16-5-7-21-42(37)50(45)52-48/h1-33H. The number of fused-ring (bicyclic) bond motifs is 6. The first-order valence-electron chi connectivity index (χ1n) is 17.8. The van der Waals surface area contributed by atoms with Crippen LogP contribution in [0.1, 0.15) is 0 Å². The lowest BCUT2D eigenvalue weighted by Crippen LogP contribution is -2.11. The van der Waals surface area contributed by atoms with Gasteiger partial charge in [-0.1, -0.05) is 158 Å². The van der Waals surface area contributed by atoms with Gasteiger partial charge in [-0.3, -0.25) is 0 Å². The molecule has 0 spiro atoms. The molecule has 10 rings (SSSR count). The van der Waals surface area contributed by atoms with Crippen molar-refractivity contribution < 1.29 is 4.42 Å². The highest BCUT2D eigenvalue weighted by Gasteiger charge is 2.22. The molecular formula is C50H33NO. The molecule has 0 saturated carbocycles. The molecule has 0 N–H and O–H groups in total. The van der Waals surface area contributed by atoms with Gasteiger partial charge in [0.25, 0.3) is 0 Å². The Bertz CT molecular complexity index is 2900. The Morgan fingerprint density at radius 2 is 0.923 bits per heavy atom. The van der Waals surface area contributed by atoms with Crippen LogP contribution in [-0.4, -0.2) is 0 Å². The fourth-order valence-corrected chi connectivity index (χ4v) is 7.80. The minimum atomic E-state index is 0.887. The van der Waals surface area contributed by atoms with Crippen LogP contribution in [0.3, 0.4) is 0 Å². The van der Waals surface area contributed by atoms with Gasteiger partial charge >= 0.3 is 0 Å². The second-order valence-electron chi connectivity index (χ2n) is 13.3. The van der Waals surface area contributed by atoms with Crippen LogP contribution in [0.4, 0.5) is 17.1 Å². The molecule has 0 unspecified atom stereocenters. The summed E-state index contributed by atoms with van der Waals surface area (Å²) in [4.78, 5) is 2.42. The monoisotopic (exact) mass is 663 g/mol. The zero-order chi connectivity index (χ0) is 34.4. The molecule has 0 aliphatic heterocycles. The van der Waals surface area contributed by atoms with Crippen LogP contribution in [0.2, 0.25) is 0 Å². The van der Waals surface area contributed by atoms with Gasteiger partial charge in [-0.25, -0.2) is 0 Å². The van der Waals surface area contributed by atoms with E-state index < -0.39 is 0 Å². The Kier molecular flexibility index (Phi) is 7.18. The third-order valence-corrected chi connectivity index (χ3v) is 10.3. The van der Waals surface area contributed by atoms with Gasteiger partial charge in [0.15, 0.2) is 0 Å². The van der Waals surface area contributed by atoms with E-state index in [-0.39, 0.29) is 0 Å². The number of para-hydroxylation sites is 1. The van der Waals surface area contributed by atoms with Gasteiger partial charge in [0, 0.05) is 32.8 Å². The normalized spacial score (nSPS) is 11.5. The Hall–Kier alpha value is -6.90. The Morgan fingerprint density at radius 1 is 0.346 bits per heavy atom. The SMILES string of the molecule is c1ccc(-c2cccc(-c3ccc(N(c4ccccc4-c4cccc5oc6c7ccccc7ccc6c45)c4cccc5ccccc45)cc3)c2)cc1. The maximum absolute atomic E-state index is 6.63. The number of rotatable bonds is 6. The maximum atomic E-state index is 6.63. The Morgan fingerprint density at radius 3 is 1.75 bits per heavy atom. The highest BCUT2D eigenvalue weighted by Crippen LogP contribution is 2.47. The Balaban J connectivity index is 1.16. The van der Waals surface area contributed by atoms with Crippen molar-refractivity contribution in [3.05, 3.63) is 200 Å². The smallest absolute Gasteiger partial charge is 0.143 e. The molecule has 2 heteroatoms. The van der Waals surface area contributed by atoms with E-state index in [0.717, 1.165) is 55.5 Å². The molecule has 0 aliphatic rings. The molecule has 0 bridgehead atoms. The van der Waals surface area contributed by atoms with E-state index in [1.807, 2.05) is 0 Å². The maximum Gasteiger partial charge on any atom is 0.143 e. The third kappa shape index (κ3) is 5.04. The van der Waals surface area contributed by atoms with Crippen molar-refractivity contribution in [1.29, 1.82) is 0 Å². The minimum Gasteiger partial charge on any atom is -0.455 e. The van der Waals surface area contributed by atoms with E-state index in [4.69, 9.17) is 4.42 Å². The van der Waals surface area contributed by atoms with Gasteiger partial charge < -0.3 is 9.32 Å². The number of benzene rings is 9. The van der Waals surface area contributed by atoms with Crippen molar-refractivity contribution in [3.63, 3.8) is 0 Å². The second kappa shape index (κ2) is 12.5. The number of nitrogens with zero attached hydrogens (tertiary/aromatic N) is 1. The first-order chi connectivity index (χ1) is 25.8. The predicted molar refractivity (Wildman–Crippen MR) is 220 cm³/mol. The van der Waals surface area contributed by atoms with Gasteiger partial charge in [-0.2, -0.15) is 0 Å². The van der Waals surface area contributed by atoms with Crippen molar-refractivity contribution >= 4 is 60.5 Å². The summed E-state index contributed by atoms with van der Waals surface area (Å²) in [6.45, 7) is 0. The summed E-state index contributed by atoms with van der Waals surface area (Å²) in [5, 5.41) is 6.94. The fraction of sp³-hybridized carbons (Fsp3) is 0. The van der Waals surface area contributed by atoms with Crippen LogP contribution < -0.4 is 4.90 Å². The predicted octanol–water partition coefficient (Wildman–Crippen LogP) is 14.4. The van der Waals surface area contributed by atoms with E-state index in [0.29, 0.717) is 0 Å². The lowest BCUT2D eigenvalue weighted by molar-refractivity contribution is 0.673. The Labute approximate surface area is 302 Å². The van der Waals surface area contributed by atoms with Crippen LogP contribution in [0.15, 0.2) is 205 Å². The van der Waals surface area contributed by atoms with E-state index in [1.54, 1.807) is 0 Å². The van der Waals surface area contributed by atoms with Crippen LogP contribution >= 0.6 is 0 Å². The molecule has 0 saturated heterocycles. The van der Waals surface area contributed by atoms with Gasteiger partial charge in [0.1, 0.15) is 11.2 Å². The van der Waals surface area contributed by atoms with E-state index in [2.05, 4.69) is 205 Å². The largest absolute Gasteiger partial charge is 0.455 e. The summed E-state index contributed by atoms with van der Waals surface area (Å²) in [5.41, 5.74) is 12.2. The van der Waals surface area contributed by atoms with Crippen LogP contribution in [-0.2, 0) is 0 Å². The molecule has 1 aromatic heterocycles. The van der Waals surface area contributed by atoms with Crippen LogP contribution in [0.25, 0.3) is 76.9 Å². The molecular weight excluding hydrogens is 631 g/mol. The molecule has 10 aromatic rings. The van der Waals surface area contributed by atoms with Gasteiger partial charge in [-0.05, 0) is 81.1 Å². The molecule has 0 fully saturated rings. The average Bonchev–Trinajstić information content (AvgIpc) is 3.62. The summed E-state index contributed by atoms with van der Waals surface area (Å²) in [7, 11) is 0. The molecule has 244 valence electrons. The van der Waals surface area contributed by atoms with Crippen molar-refractivity contribution in [2.45, 2.75) is 0 Å². The molecule has 0 aliphatic carbocycles. The summed E-state index contributed by atoms with van der Waals surface area (Å²) >= 11 is 0. The van der Waals surface area contributed by atoms with Crippen LogP contribution in [0.5, 0.6) is 0 Å². The van der Waals surface area contributed by atoms with Crippen molar-refractivity contribution in [1.82, 2.24) is 0 Å². The summed E-state index contributed by atoms with van der Waals surface area (Å²) in [6.07, 6.45) is 0. The molecule has 0 radical (unpaired) electrons. The molecule has 9 aromatic carbocycles. The fourth-order valence-electron chi connectivity index (χ4n) is 7.80. The first-order valence-corrected chi connectivity index (χ1v) is 17.8. The van der Waals surface area contributed by atoms with Gasteiger partial charge in [-0.15, -0.1) is 0 Å². The zero-order valence-electron chi connectivity index (χ0n) is 28.4. The lowest BCUT2D eigenvalue weighted by Gasteiger charge is -2.29. The summed E-state index contributed by atoms with van der Waals surface area (Å²) in [6, 6.07) is 71.7. The molecule has 2 nitrogen and oxygen atoms in total. The average molecular weight is 664 g/mol. The minimum absolute atomic E-state index is 0.887. The molecule has 0 atom stereocenters. The van der Waals surface area contributed by atoms with Gasteiger partial charge in [0.2, 0.25) is 0 Å². The van der Waals surface area contributed by atoms with E-state index in [1.165, 1.54) is 38.4 Å². The molecule has 1 heterocycles. The third-order valence-electron chi connectivity index (χ3n) is 10.3.